The fraction of sp³-hybridized carbons (Fsp3) is 0.286. The van der Waals surface area contributed by atoms with E-state index in [9.17, 15) is 14.9 Å². The lowest BCUT2D eigenvalue weighted by atomic mass is 10.1. The number of nitrogens with zero attached hydrogens (tertiary/aromatic N) is 3. The van der Waals surface area contributed by atoms with Gasteiger partial charge >= 0.3 is 0 Å². The highest BCUT2D eigenvalue weighted by atomic mass is 32.1. The van der Waals surface area contributed by atoms with Crippen LogP contribution in [0.15, 0.2) is 29.8 Å². The summed E-state index contributed by atoms with van der Waals surface area (Å²) in [6, 6.07) is 5.06. The van der Waals surface area contributed by atoms with Crippen LogP contribution in [0.4, 0.5) is 11.5 Å². The van der Waals surface area contributed by atoms with Crippen molar-refractivity contribution in [2.24, 2.45) is 0 Å². The van der Waals surface area contributed by atoms with E-state index in [1.54, 1.807) is 18.4 Å². The molecule has 0 fully saturated rings. The van der Waals surface area contributed by atoms with Gasteiger partial charge in [0.2, 0.25) is 0 Å². The minimum absolute atomic E-state index is 0.00854. The normalized spacial score (nSPS) is 11.9. The van der Waals surface area contributed by atoms with E-state index in [0.717, 1.165) is 11.1 Å². The molecule has 22 heavy (non-hydrogen) atoms. The Morgan fingerprint density at radius 1 is 1.59 bits per heavy atom. The van der Waals surface area contributed by atoms with E-state index in [2.05, 4.69) is 4.98 Å². The number of likely N-dealkylation sites (N-methyl/N-ethyl adjacent to an activating group) is 1. The highest BCUT2D eigenvalue weighted by Gasteiger charge is 2.23. The summed E-state index contributed by atoms with van der Waals surface area (Å²) in [6.45, 7) is 1.92. The van der Waals surface area contributed by atoms with Gasteiger partial charge in [-0.15, -0.1) is 11.3 Å². The molecule has 2 heterocycles. The predicted octanol–water partition coefficient (Wildman–Crippen LogP) is 2.34. The summed E-state index contributed by atoms with van der Waals surface area (Å²) in [4.78, 5) is 29.1. The first kappa shape index (κ1) is 15.9. The number of nitrogens with two attached hydrogens (primary N) is 1. The molecule has 0 unspecified atom stereocenters. The Morgan fingerprint density at radius 3 is 2.91 bits per heavy atom. The second-order valence-electron chi connectivity index (χ2n) is 4.93. The molecule has 0 saturated carbocycles. The summed E-state index contributed by atoms with van der Waals surface area (Å²) in [7, 11) is 1.65. The average Bonchev–Trinajstić information content (AvgIpc) is 2.98. The third-order valence-electron chi connectivity index (χ3n) is 3.40. The third-order valence-corrected chi connectivity index (χ3v) is 4.30. The molecule has 2 aromatic heterocycles. The second kappa shape index (κ2) is 6.52. The summed E-state index contributed by atoms with van der Waals surface area (Å²) in [5.74, 6) is -0.386. The number of pyridine rings is 1. The number of carbonyl (C=O) groups is 1. The molecule has 2 aromatic rings. The van der Waals surface area contributed by atoms with Crippen LogP contribution in [0.5, 0.6) is 0 Å². The molecule has 0 aromatic carbocycles. The summed E-state index contributed by atoms with van der Waals surface area (Å²) < 4.78 is 0. The second-order valence-corrected chi connectivity index (χ2v) is 5.96. The molecule has 7 nitrogen and oxygen atoms in total. The van der Waals surface area contributed by atoms with Gasteiger partial charge < -0.3 is 10.6 Å². The molecule has 0 aliphatic heterocycles. The van der Waals surface area contributed by atoms with Crippen molar-refractivity contribution in [2.75, 3.05) is 12.8 Å². The fourth-order valence-corrected chi connectivity index (χ4v) is 2.81. The SMILES string of the molecule is C[C@H](Cc1cccs1)N(C)C(=O)c1cc([N+](=O)[O-])cnc1N. The van der Waals surface area contributed by atoms with E-state index in [1.165, 1.54) is 11.0 Å². The van der Waals surface area contributed by atoms with Gasteiger partial charge in [-0.2, -0.15) is 0 Å². The van der Waals surface area contributed by atoms with E-state index in [-0.39, 0.29) is 29.0 Å². The number of nitro groups is 1. The van der Waals surface area contributed by atoms with Crippen LogP contribution in [-0.4, -0.2) is 33.8 Å². The zero-order chi connectivity index (χ0) is 16.3. The highest BCUT2D eigenvalue weighted by Crippen LogP contribution is 2.20. The van der Waals surface area contributed by atoms with Crippen LogP contribution < -0.4 is 5.73 Å². The Kier molecular flexibility index (Phi) is 4.71. The minimum Gasteiger partial charge on any atom is -0.383 e. The zero-order valence-corrected chi connectivity index (χ0v) is 13.0. The van der Waals surface area contributed by atoms with Crippen LogP contribution in [0, 0.1) is 10.1 Å². The Bertz CT molecular complexity index is 687. The average molecular weight is 320 g/mol. The topological polar surface area (TPSA) is 102 Å². The molecule has 1 amide bonds. The molecule has 2 N–H and O–H groups in total. The third kappa shape index (κ3) is 3.40. The van der Waals surface area contributed by atoms with Crippen LogP contribution in [-0.2, 0) is 6.42 Å². The number of aromatic nitrogens is 1. The van der Waals surface area contributed by atoms with E-state index < -0.39 is 4.92 Å². The van der Waals surface area contributed by atoms with Gasteiger partial charge in [0.05, 0.1) is 10.5 Å². The summed E-state index contributed by atoms with van der Waals surface area (Å²) in [5, 5.41) is 12.8. The lowest BCUT2D eigenvalue weighted by Crippen LogP contribution is -2.36. The minimum atomic E-state index is -0.599. The van der Waals surface area contributed by atoms with E-state index in [0.29, 0.717) is 6.42 Å². The van der Waals surface area contributed by atoms with Crippen molar-refractivity contribution in [2.45, 2.75) is 19.4 Å². The number of amides is 1. The van der Waals surface area contributed by atoms with Crippen molar-refractivity contribution in [3.8, 4) is 0 Å². The fourth-order valence-electron chi connectivity index (χ4n) is 1.98. The maximum Gasteiger partial charge on any atom is 0.288 e. The predicted molar refractivity (Wildman–Crippen MR) is 84.9 cm³/mol. The van der Waals surface area contributed by atoms with Gasteiger partial charge in [-0.1, -0.05) is 6.07 Å². The van der Waals surface area contributed by atoms with E-state index >= 15 is 0 Å². The lowest BCUT2D eigenvalue weighted by molar-refractivity contribution is -0.385. The molecule has 2 rings (SSSR count). The number of anilines is 1. The standard InChI is InChI=1S/C14H16N4O3S/c1-9(6-11-4-3-5-22-11)17(2)14(19)12-7-10(18(20)21)8-16-13(12)15/h3-5,7-9H,6H2,1-2H3,(H2,15,16)/t9-/m1/s1. The van der Waals surface area contributed by atoms with Crippen LogP contribution in [0.25, 0.3) is 0 Å². The smallest absolute Gasteiger partial charge is 0.288 e. The molecule has 0 saturated heterocycles. The monoisotopic (exact) mass is 320 g/mol. The molecule has 1 atom stereocenters. The summed E-state index contributed by atoms with van der Waals surface area (Å²) >= 11 is 1.62. The highest BCUT2D eigenvalue weighted by molar-refractivity contribution is 7.09. The van der Waals surface area contributed by atoms with Gasteiger partial charge in [-0.05, 0) is 18.4 Å². The Balaban J connectivity index is 2.19. The first-order valence-corrected chi connectivity index (χ1v) is 7.47. The van der Waals surface area contributed by atoms with E-state index in [1.807, 2.05) is 24.4 Å². The van der Waals surface area contributed by atoms with Gasteiger partial charge in [-0.3, -0.25) is 14.9 Å². The first-order valence-electron chi connectivity index (χ1n) is 6.59. The number of hydrogen-bond donors (Lipinski definition) is 1. The van der Waals surface area contributed by atoms with Crippen molar-refractivity contribution in [3.05, 3.63) is 50.3 Å². The molecular formula is C14H16N4O3S. The zero-order valence-electron chi connectivity index (χ0n) is 12.2. The van der Waals surface area contributed by atoms with Crippen molar-refractivity contribution in [1.29, 1.82) is 0 Å². The largest absolute Gasteiger partial charge is 0.383 e. The number of carbonyl (C=O) groups excluding carboxylic acids is 1. The van der Waals surface area contributed by atoms with Crippen LogP contribution in [0.3, 0.4) is 0 Å². The summed E-state index contributed by atoms with van der Waals surface area (Å²) in [5.41, 5.74) is 5.48. The summed E-state index contributed by atoms with van der Waals surface area (Å²) in [6.07, 6.45) is 1.75. The van der Waals surface area contributed by atoms with Crippen molar-refractivity contribution in [1.82, 2.24) is 9.88 Å². The number of nitrogen functional groups attached to an aromatic ring is 1. The molecule has 0 aliphatic rings. The molecule has 8 heteroatoms. The molecular weight excluding hydrogens is 304 g/mol. The molecule has 0 spiro atoms. The van der Waals surface area contributed by atoms with Crippen LogP contribution in [0.2, 0.25) is 0 Å². The quantitative estimate of drug-likeness (QED) is 0.673. The van der Waals surface area contributed by atoms with Gasteiger partial charge in [-0.25, -0.2) is 4.98 Å². The maximum absolute atomic E-state index is 12.5. The molecule has 0 aliphatic carbocycles. The Hall–Kier alpha value is -2.48. The first-order chi connectivity index (χ1) is 10.4. The van der Waals surface area contributed by atoms with Gasteiger partial charge in [0.15, 0.2) is 0 Å². The number of hydrogen-bond acceptors (Lipinski definition) is 6. The molecule has 116 valence electrons. The van der Waals surface area contributed by atoms with Crippen molar-refractivity contribution < 1.29 is 9.72 Å². The van der Waals surface area contributed by atoms with Crippen molar-refractivity contribution >= 4 is 28.7 Å². The van der Waals surface area contributed by atoms with Gasteiger partial charge in [0.1, 0.15) is 12.0 Å². The van der Waals surface area contributed by atoms with Crippen LogP contribution >= 0.6 is 11.3 Å². The number of thiophene rings is 1. The lowest BCUT2D eigenvalue weighted by Gasteiger charge is -2.25. The van der Waals surface area contributed by atoms with Crippen LogP contribution in [0.1, 0.15) is 22.2 Å². The number of rotatable bonds is 5. The molecule has 0 radical (unpaired) electrons. The molecule has 0 bridgehead atoms. The van der Waals surface area contributed by atoms with Crippen molar-refractivity contribution in [3.63, 3.8) is 0 Å². The Labute approximate surface area is 131 Å². The van der Waals surface area contributed by atoms with Gasteiger partial charge in [0, 0.05) is 30.5 Å². The Morgan fingerprint density at radius 2 is 2.32 bits per heavy atom. The van der Waals surface area contributed by atoms with E-state index in [4.69, 9.17) is 5.73 Å². The van der Waals surface area contributed by atoms with Gasteiger partial charge in [0.25, 0.3) is 11.6 Å². The maximum atomic E-state index is 12.5.